The molecule has 9 heavy (non-hydrogen) atoms. The average Bonchev–Trinajstić information content (AvgIpc) is 1.89. The maximum atomic E-state index is 3.69. The second-order valence-corrected chi connectivity index (χ2v) is 2.14. The fourth-order valence-corrected chi connectivity index (χ4v) is 0.497. The molecule has 0 radical (unpaired) electrons. The Balaban J connectivity index is 3.25. The van der Waals surface area contributed by atoms with E-state index in [4.69, 9.17) is 0 Å². The minimum absolute atomic E-state index is 0.592. The van der Waals surface area contributed by atoms with E-state index in [1.165, 1.54) is 0 Å². The number of nitrogens with one attached hydrogen (secondary N) is 1. The van der Waals surface area contributed by atoms with E-state index in [1.807, 2.05) is 19.3 Å². The molecule has 1 nitrogen and oxygen atoms in total. The third-order valence-corrected chi connectivity index (χ3v) is 1.19. The van der Waals surface area contributed by atoms with Gasteiger partial charge in [0.25, 0.3) is 0 Å². The molecule has 0 saturated carbocycles. The van der Waals surface area contributed by atoms with Crippen LogP contribution in [0, 0.1) is 5.92 Å². The lowest BCUT2D eigenvalue weighted by molar-refractivity contribution is 0.743. The smallest absolute Gasteiger partial charge is 0.00276 e. The van der Waals surface area contributed by atoms with Crippen LogP contribution in [0.3, 0.4) is 0 Å². The van der Waals surface area contributed by atoms with E-state index < -0.39 is 0 Å². The van der Waals surface area contributed by atoms with E-state index in [1.54, 1.807) is 0 Å². The van der Waals surface area contributed by atoms with Crippen LogP contribution in [-0.2, 0) is 0 Å². The van der Waals surface area contributed by atoms with Crippen molar-refractivity contribution in [1.82, 2.24) is 5.32 Å². The van der Waals surface area contributed by atoms with Gasteiger partial charge in [-0.25, -0.2) is 0 Å². The van der Waals surface area contributed by atoms with Gasteiger partial charge in [-0.05, 0) is 18.5 Å². The van der Waals surface area contributed by atoms with Gasteiger partial charge in [0.05, 0.1) is 0 Å². The van der Waals surface area contributed by atoms with Crippen molar-refractivity contribution in [3.63, 3.8) is 0 Å². The molecule has 1 unspecified atom stereocenters. The highest BCUT2D eigenvalue weighted by Crippen LogP contribution is 2.01. The molecule has 1 heteroatoms. The third-order valence-electron chi connectivity index (χ3n) is 1.19. The summed E-state index contributed by atoms with van der Waals surface area (Å²) in [5, 5.41) is 2.93. The van der Waals surface area contributed by atoms with Crippen molar-refractivity contribution in [2.24, 2.45) is 5.92 Å². The molecule has 0 bridgehead atoms. The van der Waals surface area contributed by atoms with Gasteiger partial charge in [0.15, 0.2) is 0 Å². The molecule has 0 aromatic carbocycles. The minimum atomic E-state index is 0.592. The predicted octanol–water partition coefficient (Wildman–Crippen LogP) is 1.93. The zero-order chi connectivity index (χ0) is 7.11. The fraction of sp³-hybridized carbons (Fsp3) is 0.500. The van der Waals surface area contributed by atoms with Crippen molar-refractivity contribution in [2.75, 3.05) is 7.05 Å². The first-order valence-corrected chi connectivity index (χ1v) is 3.26. The third kappa shape index (κ3) is 5.15. The van der Waals surface area contributed by atoms with E-state index >= 15 is 0 Å². The summed E-state index contributed by atoms with van der Waals surface area (Å²) in [6, 6.07) is 0. The Kier molecular flexibility index (Phi) is 4.98. The van der Waals surface area contributed by atoms with E-state index in [9.17, 15) is 0 Å². The Morgan fingerprint density at radius 3 is 2.78 bits per heavy atom. The maximum absolute atomic E-state index is 3.69. The van der Waals surface area contributed by atoms with Crippen molar-refractivity contribution in [3.05, 3.63) is 24.9 Å². The van der Waals surface area contributed by atoms with Crippen LogP contribution in [0.2, 0.25) is 0 Å². The average molecular weight is 125 g/mol. The first-order valence-electron chi connectivity index (χ1n) is 3.26. The Labute approximate surface area is 57.5 Å². The van der Waals surface area contributed by atoms with Crippen molar-refractivity contribution in [1.29, 1.82) is 0 Å². The number of hydrogen-bond donors (Lipinski definition) is 1. The highest BCUT2D eigenvalue weighted by molar-refractivity contribution is 4.85. The summed E-state index contributed by atoms with van der Waals surface area (Å²) in [7, 11) is 1.90. The monoisotopic (exact) mass is 125 g/mol. The fourth-order valence-electron chi connectivity index (χ4n) is 0.497. The second-order valence-electron chi connectivity index (χ2n) is 2.14. The van der Waals surface area contributed by atoms with Gasteiger partial charge in [-0.3, -0.25) is 0 Å². The molecule has 0 spiro atoms. The quantitative estimate of drug-likeness (QED) is 0.566. The van der Waals surface area contributed by atoms with Crippen LogP contribution < -0.4 is 5.32 Å². The summed E-state index contributed by atoms with van der Waals surface area (Å²) >= 11 is 0. The van der Waals surface area contributed by atoms with Crippen molar-refractivity contribution < 1.29 is 0 Å². The van der Waals surface area contributed by atoms with Crippen LogP contribution >= 0.6 is 0 Å². The summed E-state index contributed by atoms with van der Waals surface area (Å²) in [5.74, 6) is 0.592. The molecular weight excluding hydrogens is 110 g/mol. The SMILES string of the molecule is C=CC(C)C/C=C/NC. The lowest BCUT2D eigenvalue weighted by atomic mass is 10.1. The number of allylic oxidation sites excluding steroid dienone is 2. The minimum Gasteiger partial charge on any atom is -0.394 e. The summed E-state index contributed by atoms with van der Waals surface area (Å²) < 4.78 is 0. The van der Waals surface area contributed by atoms with Crippen LogP contribution in [0.5, 0.6) is 0 Å². The normalized spacial score (nSPS) is 13.6. The van der Waals surface area contributed by atoms with Gasteiger partial charge in [0, 0.05) is 7.05 Å². The molecule has 0 aromatic rings. The molecule has 1 atom stereocenters. The molecular formula is C8H15N. The highest BCUT2D eigenvalue weighted by Gasteiger charge is 1.88. The van der Waals surface area contributed by atoms with Crippen molar-refractivity contribution >= 4 is 0 Å². The molecule has 0 amide bonds. The van der Waals surface area contributed by atoms with Gasteiger partial charge in [-0.1, -0.05) is 19.1 Å². The molecule has 0 aliphatic heterocycles. The van der Waals surface area contributed by atoms with E-state index in [-0.39, 0.29) is 0 Å². The molecule has 0 aliphatic carbocycles. The van der Waals surface area contributed by atoms with Crippen LogP contribution in [0.15, 0.2) is 24.9 Å². The zero-order valence-electron chi connectivity index (χ0n) is 6.22. The van der Waals surface area contributed by atoms with Crippen LogP contribution in [0.1, 0.15) is 13.3 Å². The summed E-state index contributed by atoms with van der Waals surface area (Å²) in [6.45, 7) is 5.83. The molecule has 0 aromatic heterocycles. The van der Waals surface area contributed by atoms with Gasteiger partial charge in [0.1, 0.15) is 0 Å². The first kappa shape index (κ1) is 8.28. The Morgan fingerprint density at radius 1 is 1.67 bits per heavy atom. The van der Waals surface area contributed by atoms with Crippen molar-refractivity contribution in [2.45, 2.75) is 13.3 Å². The number of rotatable bonds is 4. The standard InChI is InChI=1S/C8H15N/c1-4-8(2)6-5-7-9-3/h4-5,7-9H,1,6H2,2-3H3/b7-5+. The van der Waals surface area contributed by atoms with Crippen LogP contribution in [0.4, 0.5) is 0 Å². The lowest BCUT2D eigenvalue weighted by Gasteiger charge is -1.97. The Hall–Kier alpha value is -0.720. The first-order chi connectivity index (χ1) is 4.31. The Morgan fingerprint density at radius 2 is 2.33 bits per heavy atom. The topological polar surface area (TPSA) is 12.0 Å². The molecule has 0 aliphatic rings. The van der Waals surface area contributed by atoms with Crippen LogP contribution in [-0.4, -0.2) is 7.05 Å². The molecule has 1 N–H and O–H groups in total. The van der Waals surface area contributed by atoms with Gasteiger partial charge in [-0.15, -0.1) is 6.58 Å². The lowest BCUT2D eigenvalue weighted by Crippen LogP contribution is -1.92. The van der Waals surface area contributed by atoms with Gasteiger partial charge >= 0.3 is 0 Å². The highest BCUT2D eigenvalue weighted by atomic mass is 14.8. The van der Waals surface area contributed by atoms with E-state index in [0.29, 0.717) is 5.92 Å². The van der Waals surface area contributed by atoms with Gasteiger partial charge in [-0.2, -0.15) is 0 Å². The molecule has 0 saturated heterocycles. The largest absolute Gasteiger partial charge is 0.394 e. The van der Waals surface area contributed by atoms with Gasteiger partial charge < -0.3 is 5.32 Å². The van der Waals surface area contributed by atoms with E-state index in [2.05, 4.69) is 24.9 Å². The second kappa shape index (κ2) is 5.42. The van der Waals surface area contributed by atoms with Crippen LogP contribution in [0.25, 0.3) is 0 Å². The molecule has 0 fully saturated rings. The summed E-state index contributed by atoms with van der Waals surface area (Å²) in [6.07, 6.45) is 7.08. The molecule has 52 valence electrons. The van der Waals surface area contributed by atoms with Crippen molar-refractivity contribution in [3.8, 4) is 0 Å². The number of hydrogen-bond acceptors (Lipinski definition) is 1. The predicted molar refractivity (Wildman–Crippen MR) is 42.2 cm³/mol. The maximum Gasteiger partial charge on any atom is 0.00276 e. The molecule has 0 heterocycles. The van der Waals surface area contributed by atoms with Gasteiger partial charge in [0.2, 0.25) is 0 Å². The summed E-state index contributed by atoms with van der Waals surface area (Å²) in [5.41, 5.74) is 0. The Bertz CT molecular complexity index is 94.7. The van der Waals surface area contributed by atoms with E-state index in [0.717, 1.165) is 6.42 Å². The molecule has 0 rings (SSSR count). The zero-order valence-corrected chi connectivity index (χ0v) is 6.22. The summed E-state index contributed by atoms with van der Waals surface area (Å²) in [4.78, 5) is 0.